The van der Waals surface area contributed by atoms with Crippen LogP contribution in [0.15, 0.2) is 0 Å². The molecule has 0 aliphatic heterocycles. The van der Waals surface area contributed by atoms with Gasteiger partial charge in [0.25, 0.3) is 0 Å². The van der Waals surface area contributed by atoms with Crippen molar-refractivity contribution in [3.05, 3.63) is 0 Å². The highest BCUT2D eigenvalue weighted by Gasteiger charge is 2.25. The Morgan fingerprint density at radius 3 is 2.33 bits per heavy atom. The first-order valence-electron chi connectivity index (χ1n) is 4.30. The highest BCUT2D eigenvalue weighted by atomic mass is 127. The zero-order valence-corrected chi connectivity index (χ0v) is 9.93. The lowest BCUT2D eigenvalue weighted by atomic mass is 9.87. The van der Waals surface area contributed by atoms with E-state index in [0.717, 1.165) is 19.3 Å². The van der Waals surface area contributed by atoms with Gasteiger partial charge in [-0.1, -0.05) is 35.4 Å². The summed E-state index contributed by atoms with van der Waals surface area (Å²) in [4.78, 5) is 10.7. The van der Waals surface area contributed by atoms with Crippen molar-refractivity contribution in [3.8, 4) is 0 Å². The quantitative estimate of drug-likeness (QED) is 0.462. The van der Waals surface area contributed by atoms with Crippen LogP contribution in [0.2, 0.25) is 0 Å². The summed E-state index contributed by atoms with van der Waals surface area (Å²) in [7, 11) is 0. The molecule has 0 aliphatic rings. The molecular weight excluding hydrogens is 267 g/mol. The van der Waals surface area contributed by atoms with Crippen LogP contribution in [0.1, 0.15) is 39.5 Å². The van der Waals surface area contributed by atoms with E-state index in [1.807, 2.05) is 0 Å². The lowest BCUT2D eigenvalue weighted by molar-refractivity contribution is -0.147. The van der Waals surface area contributed by atoms with Gasteiger partial charge in [-0.3, -0.25) is 4.79 Å². The Bertz CT molecular complexity index is 143. The van der Waals surface area contributed by atoms with Crippen molar-refractivity contribution >= 4 is 28.6 Å². The fourth-order valence-electron chi connectivity index (χ4n) is 0.945. The molecule has 0 aromatic heterocycles. The number of carboxylic acids is 1. The molecule has 72 valence electrons. The lowest BCUT2D eigenvalue weighted by Gasteiger charge is -2.18. The molecule has 0 aromatic rings. The maximum absolute atomic E-state index is 10.7. The normalized spacial score (nSPS) is 11.6. The molecule has 0 atom stereocenters. The van der Waals surface area contributed by atoms with Gasteiger partial charge in [-0.25, -0.2) is 0 Å². The molecule has 0 aromatic carbocycles. The van der Waals surface area contributed by atoms with E-state index in [1.165, 1.54) is 10.8 Å². The van der Waals surface area contributed by atoms with Crippen LogP contribution in [0.25, 0.3) is 0 Å². The topological polar surface area (TPSA) is 37.3 Å². The first-order valence-corrected chi connectivity index (χ1v) is 5.82. The zero-order chi connectivity index (χ0) is 9.61. The van der Waals surface area contributed by atoms with Crippen molar-refractivity contribution in [1.82, 2.24) is 0 Å². The second-order valence-corrected chi connectivity index (χ2v) is 4.77. The van der Waals surface area contributed by atoms with Gasteiger partial charge in [0, 0.05) is 0 Å². The van der Waals surface area contributed by atoms with Gasteiger partial charge in [0.05, 0.1) is 5.41 Å². The van der Waals surface area contributed by atoms with Gasteiger partial charge in [-0.05, 0) is 31.1 Å². The molecule has 0 saturated carbocycles. The van der Waals surface area contributed by atoms with Crippen LogP contribution in [-0.2, 0) is 4.79 Å². The second-order valence-electron chi connectivity index (χ2n) is 3.69. The predicted octanol–water partition coefficient (Wildman–Crippen LogP) is 3.09. The Kier molecular flexibility index (Phi) is 5.88. The maximum Gasteiger partial charge on any atom is 0.309 e. The van der Waals surface area contributed by atoms with Gasteiger partial charge in [0.15, 0.2) is 0 Å². The first-order chi connectivity index (χ1) is 5.50. The third kappa shape index (κ3) is 4.95. The standard InChI is InChI=1S/C9H17IO2/c1-9(2,8(11)12)6-4-3-5-7-10/h3-7H2,1-2H3,(H,11,12). The van der Waals surface area contributed by atoms with Crippen molar-refractivity contribution in [2.24, 2.45) is 5.41 Å². The smallest absolute Gasteiger partial charge is 0.309 e. The molecule has 2 nitrogen and oxygen atoms in total. The van der Waals surface area contributed by atoms with Crippen LogP contribution >= 0.6 is 22.6 Å². The number of hydrogen-bond acceptors (Lipinski definition) is 1. The van der Waals surface area contributed by atoms with Crippen LogP contribution in [0.4, 0.5) is 0 Å². The van der Waals surface area contributed by atoms with Crippen molar-refractivity contribution in [2.75, 3.05) is 4.43 Å². The van der Waals surface area contributed by atoms with Crippen LogP contribution < -0.4 is 0 Å². The maximum atomic E-state index is 10.7. The molecule has 0 fully saturated rings. The van der Waals surface area contributed by atoms with Crippen molar-refractivity contribution in [1.29, 1.82) is 0 Å². The molecular formula is C9H17IO2. The summed E-state index contributed by atoms with van der Waals surface area (Å²) in [5.41, 5.74) is -0.536. The van der Waals surface area contributed by atoms with Crippen LogP contribution in [-0.4, -0.2) is 15.5 Å². The van der Waals surface area contributed by atoms with E-state index in [2.05, 4.69) is 22.6 Å². The third-order valence-electron chi connectivity index (χ3n) is 2.01. The highest BCUT2D eigenvalue weighted by Crippen LogP contribution is 2.23. The number of rotatable bonds is 6. The van der Waals surface area contributed by atoms with Crippen LogP contribution in [0.3, 0.4) is 0 Å². The molecule has 3 heteroatoms. The summed E-state index contributed by atoms with van der Waals surface area (Å²) in [6, 6.07) is 0. The van der Waals surface area contributed by atoms with Gasteiger partial charge in [-0.15, -0.1) is 0 Å². The van der Waals surface area contributed by atoms with Crippen LogP contribution in [0, 0.1) is 5.41 Å². The Morgan fingerprint density at radius 2 is 1.92 bits per heavy atom. The molecule has 0 heterocycles. The van der Waals surface area contributed by atoms with Crippen molar-refractivity contribution in [2.45, 2.75) is 39.5 Å². The Hall–Kier alpha value is 0.200. The molecule has 0 spiro atoms. The number of halogens is 1. The Balaban J connectivity index is 3.54. The van der Waals surface area contributed by atoms with Gasteiger partial charge in [-0.2, -0.15) is 0 Å². The molecule has 0 aliphatic carbocycles. The van der Waals surface area contributed by atoms with Crippen molar-refractivity contribution in [3.63, 3.8) is 0 Å². The fraction of sp³-hybridized carbons (Fsp3) is 0.889. The fourth-order valence-corrected chi connectivity index (χ4v) is 1.48. The van der Waals surface area contributed by atoms with E-state index in [1.54, 1.807) is 13.8 Å². The lowest BCUT2D eigenvalue weighted by Crippen LogP contribution is -2.23. The number of hydrogen-bond donors (Lipinski definition) is 1. The van der Waals surface area contributed by atoms with Crippen molar-refractivity contribution < 1.29 is 9.90 Å². The molecule has 0 saturated heterocycles. The molecule has 12 heavy (non-hydrogen) atoms. The van der Waals surface area contributed by atoms with Gasteiger partial charge < -0.3 is 5.11 Å². The summed E-state index contributed by atoms with van der Waals surface area (Å²) in [5.74, 6) is -0.683. The number of carboxylic acid groups (broad SMARTS) is 1. The minimum atomic E-state index is -0.683. The summed E-state index contributed by atoms with van der Waals surface area (Å²) in [6.45, 7) is 3.58. The van der Waals surface area contributed by atoms with E-state index in [-0.39, 0.29) is 0 Å². The summed E-state index contributed by atoms with van der Waals surface area (Å²) >= 11 is 2.35. The third-order valence-corrected chi connectivity index (χ3v) is 2.78. The van der Waals surface area contributed by atoms with E-state index in [4.69, 9.17) is 5.11 Å². The highest BCUT2D eigenvalue weighted by molar-refractivity contribution is 14.1. The molecule has 0 radical (unpaired) electrons. The van der Waals surface area contributed by atoms with Gasteiger partial charge in [0.1, 0.15) is 0 Å². The average Bonchev–Trinajstić information content (AvgIpc) is 1.98. The minimum absolute atomic E-state index is 0.536. The first kappa shape index (κ1) is 12.2. The molecule has 0 unspecified atom stereocenters. The number of alkyl halides is 1. The number of carbonyl (C=O) groups is 1. The Morgan fingerprint density at radius 1 is 1.33 bits per heavy atom. The largest absolute Gasteiger partial charge is 0.481 e. The molecule has 0 amide bonds. The predicted molar refractivity (Wildman–Crippen MR) is 58.8 cm³/mol. The minimum Gasteiger partial charge on any atom is -0.481 e. The van der Waals surface area contributed by atoms with E-state index in [9.17, 15) is 4.79 Å². The van der Waals surface area contributed by atoms with E-state index >= 15 is 0 Å². The molecule has 0 bridgehead atoms. The van der Waals surface area contributed by atoms with Gasteiger partial charge in [0.2, 0.25) is 0 Å². The average molecular weight is 284 g/mol. The monoisotopic (exact) mass is 284 g/mol. The summed E-state index contributed by atoms with van der Waals surface area (Å²) in [5, 5.41) is 8.80. The second kappa shape index (κ2) is 5.78. The summed E-state index contributed by atoms with van der Waals surface area (Å²) in [6.07, 6.45) is 4.18. The number of aliphatic carboxylic acids is 1. The molecule has 1 N–H and O–H groups in total. The van der Waals surface area contributed by atoms with E-state index < -0.39 is 11.4 Å². The Labute approximate surface area is 87.9 Å². The van der Waals surface area contributed by atoms with Gasteiger partial charge >= 0.3 is 5.97 Å². The number of unbranched alkanes of at least 4 members (excludes halogenated alkanes) is 2. The molecule has 0 rings (SSSR count). The van der Waals surface area contributed by atoms with E-state index in [0.29, 0.717) is 0 Å². The SMILES string of the molecule is CC(C)(CCCCCI)C(=O)O. The summed E-state index contributed by atoms with van der Waals surface area (Å²) < 4.78 is 1.17. The van der Waals surface area contributed by atoms with Crippen LogP contribution in [0.5, 0.6) is 0 Å². The zero-order valence-electron chi connectivity index (χ0n) is 7.77.